The number of carbonyl (C=O) groups excluding carboxylic acids is 2. The maximum absolute atomic E-state index is 12.9. The molecule has 6 heteroatoms. The molecule has 0 fully saturated rings. The van der Waals surface area contributed by atoms with Crippen LogP contribution in [-0.4, -0.2) is 17.9 Å². The van der Waals surface area contributed by atoms with E-state index in [1.807, 2.05) is 18.2 Å². The maximum atomic E-state index is 12.9. The molecule has 148 valence electrons. The molecule has 0 spiro atoms. The zero-order valence-corrected chi connectivity index (χ0v) is 15.9. The Hall–Kier alpha value is -3.67. The molecule has 2 amide bonds. The van der Waals surface area contributed by atoms with E-state index in [1.54, 1.807) is 55.5 Å². The number of rotatable bonds is 7. The molecular weight excluding hydrogens is 371 g/mol. The lowest BCUT2D eigenvalue weighted by molar-refractivity contribution is -0.122. The van der Waals surface area contributed by atoms with Gasteiger partial charge < -0.3 is 15.4 Å². The second-order valence-electron chi connectivity index (χ2n) is 6.48. The van der Waals surface area contributed by atoms with Crippen LogP contribution in [0.1, 0.15) is 22.8 Å². The van der Waals surface area contributed by atoms with Crippen LogP contribution < -0.4 is 15.4 Å². The van der Waals surface area contributed by atoms with Crippen molar-refractivity contribution < 1.29 is 18.7 Å². The van der Waals surface area contributed by atoms with E-state index < -0.39 is 6.04 Å². The van der Waals surface area contributed by atoms with Gasteiger partial charge in [0.2, 0.25) is 5.91 Å². The van der Waals surface area contributed by atoms with Crippen LogP contribution in [0.3, 0.4) is 0 Å². The lowest BCUT2D eigenvalue weighted by atomic mass is 10.2. The number of nitrogens with one attached hydrogen (secondary N) is 2. The van der Waals surface area contributed by atoms with Crippen molar-refractivity contribution in [2.75, 3.05) is 0 Å². The summed E-state index contributed by atoms with van der Waals surface area (Å²) in [5.41, 5.74) is 1.38. The molecule has 0 aliphatic carbocycles. The van der Waals surface area contributed by atoms with Crippen LogP contribution in [-0.2, 0) is 11.3 Å². The van der Waals surface area contributed by atoms with Crippen LogP contribution in [0.4, 0.5) is 4.39 Å². The van der Waals surface area contributed by atoms with Crippen molar-refractivity contribution in [3.8, 4) is 11.5 Å². The Bertz CT molecular complexity index is 958. The van der Waals surface area contributed by atoms with E-state index in [1.165, 1.54) is 12.1 Å². The van der Waals surface area contributed by atoms with Crippen LogP contribution >= 0.6 is 0 Å². The first-order valence-corrected chi connectivity index (χ1v) is 9.17. The topological polar surface area (TPSA) is 67.4 Å². The summed E-state index contributed by atoms with van der Waals surface area (Å²) in [4.78, 5) is 24.4. The van der Waals surface area contributed by atoms with Gasteiger partial charge in [-0.1, -0.05) is 30.3 Å². The van der Waals surface area contributed by atoms with Crippen LogP contribution in [0.5, 0.6) is 11.5 Å². The zero-order valence-electron chi connectivity index (χ0n) is 15.9. The van der Waals surface area contributed by atoms with Crippen molar-refractivity contribution in [3.63, 3.8) is 0 Å². The predicted octanol–water partition coefficient (Wildman–Crippen LogP) is 4.05. The van der Waals surface area contributed by atoms with E-state index in [9.17, 15) is 14.0 Å². The predicted molar refractivity (Wildman–Crippen MR) is 108 cm³/mol. The number of halogens is 1. The lowest BCUT2D eigenvalue weighted by Crippen LogP contribution is -2.44. The van der Waals surface area contributed by atoms with Crippen molar-refractivity contribution in [2.45, 2.75) is 19.5 Å². The number of hydrogen-bond acceptors (Lipinski definition) is 3. The third-order valence-electron chi connectivity index (χ3n) is 4.22. The molecule has 0 unspecified atom stereocenters. The third kappa shape index (κ3) is 5.90. The van der Waals surface area contributed by atoms with Crippen molar-refractivity contribution in [2.24, 2.45) is 0 Å². The third-order valence-corrected chi connectivity index (χ3v) is 4.22. The molecule has 0 aromatic heterocycles. The number of carbonyl (C=O) groups is 2. The standard InChI is InChI=1S/C23H21FN2O3/c1-16(26-23(28)18-5-3-2-4-6-18)22(27)25-15-17-7-11-20(12-8-17)29-21-13-9-19(24)10-14-21/h2-14,16H,15H2,1H3,(H,25,27)(H,26,28)/t16-/m0/s1. The minimum absolute atomic E-state index is 0.277. The monoisotopic (exact) mass is 392 g/mol. The fourth-order valence-corrected chi connectivity index (χ4v) is 2.59. The molecule has 0 aliphatic rings. The number of ether oxygens (including phenoxy) is 1. The molecule has 0 saturated carbocycles. The highest BCUT2D eigenvalue weighted by molar-refractivity contribution is 5.97. The minimum Gasteiger partial charge on any atom is -0.457 e. The van der Waals surface area contributed by atoms with E-state index in [-0.39, 0.29) is 17.6 Å². The van der Waals surface area contributed by atoms with Crippen molar-refractivity contribution in [1.29, 1.82) is 0 Å². The van der Waals surface area contributed by atoms with E-state index in [2.05, 4.69) is 10.6 Å². The van der Waals surface area contributed by atoms with E-state index in [0.29, 0.717) is 23.6 Å². The molecule has 0 radical (unpaired) electrons. The molecule has 3 aromatic rings. The highest BCUT2D eigenvalue weighted by Gasteiger charge is 2.16. The molecule has 29 heavy (non-hydrogen) atoms. The average molecular weight is 392 g/mol. The lowest BCUT2D eigenvalue weighted by Gasteiger charge is -2.14. The van der Waals surface area contributed by atoms with Gasteiger partial charge in [-0.25, -0.2) is 4.39 Å². The Labute approximate surface area is 168 Å². The van der Waals surface area contributed by atoms with Gasteiger partial charge >= 0.3 is 0 Å². The Kier molecular flexibility index (Phi) is 6.58. The van der Waals surface area contributed by atoms with Crippen molar-refractivity contribution >= 4 is 11.8 Å². The average Bonchev–Trinajstić information content (AvgIpc) is 2.75. The number of hydrogen-bond donors (Lipinski definition) is 2. The summed E-state index contributed by atoms with van der Waals surface area (Å²) in [5.74, 6) is 0.250. The Morgan fingerprint density at radius 1 is 0.897 bits per heavy atom. The van der Waals surface area contributed by atoms with E-state index >= 15 is 0 Å². The summed E-state index contributed by atoms with van der Waals surface area (Å²) in [6, 6.07) is 21.0. The first kappa shape index (κ1) is 20.1. The molecule has 3 rings (SSSR count). The van der Waals surface area contributed by atoms with E-state index in [4.69, 9.17) is 4.74 Å². The highest BCUT2D eigenvalue weighted by Crippen LogP contribution is 2.21. The normalized spacial score (nSPS) is 11.4. The zero-order chi connectivity index (χ0) is 20.6. The molecule has 3 aromatic carbocycles. The summed E-state index contributed by atoms with van der Waals surface area (Å²) in [7, 11) is 0. The van der Waals surface area contributed by atoms with Crippen molar-refractivity contribution in [1.82, 2.24) is 10.6 Å². The molecule has 0 saturated heterocycles. The quantitative estimate of drug-likeness (QED) is 0.637. The Morgan fingerprint density at radius 2 is 1.48 bits per heavy atom. The summed E-state index contributed by atoms with van der Waals surface area (Å²) >= 11 is 0. The van der Waals surface area contributed by atoms with Crippen LogP contribution in [0.15, 0.2) is 78.9 Å². The second-order valence-corrected chi connectivity index (χ2v) is 6.48. The maximum Gasteiger partial charge on any atom is 0.251 e. The molecule has 5 nitrogen and oxygen atoms in total. The van der Waals surface area contributed by atoms with Gasteiger partial charge in [-0.15, -0.1) is 0 Å². The Morgan fingerprint density at radius 3 is 2.10 bits per heavy atom. The smallest absolute Gasteiger partial charge is 0.251 e. The first-order valence-electron chi connectivity index (χ1n) is 9.17. The molecule has 0 bridgehead atoms. The molecular formula is C23H21FN2O3. The molecule has 2 N–H and O–H groups in total. The van der Waals surface area contributed by atoms with Gasteiger partial charge in [-0.05, 0) is 61.0 Å². The van der Waals surface area contributed by atoms with Gasteiger partial charge in [0, 0.05) is 12.1 Å². The SMILES string of the molecule is C[C@H](NC(=O)c1ccccc1)C(=O)NCc1ccc(Oc2ccc(F)cc2)cc1. The summed E-state index contributed by atoms with van der Waals surface area (Å²) in [5, 5.41) is 5.47. The van der Waals surface area contributed by atoms with Gasteiger partial charge in [-0.3, -0.25) is 9.59 Å². The van der Waals surface area contributed by atoms with Crippen LogP contribution in [0.2, 0.25) is 0 Å². The first-order chi connectivity index (χ1) is 14.0. The summed E-state index contributed by atoms with van der Waals surface area (Å²) < 4.78 is 18.6. The van der Waals surface area contributed by atoms with E-state index in [0.717, 1.165) is 5.56 Å². The fourth-order valence-electron chi connectivity index (χ4n) is 2.59. The van der Waals surface area contributed by atoms with Gasteiger partial charge in [-0.2, -0.15) is 0 Å². The number of amides is 2. The number of benzene rings is 3. The van der Waals surface area contributed by atoms with Crippen LogP contribution in [0, 0.1) is 5.82 Å². The molecule has 1 atom stereocenters. The van der Waals surface area contributed by atoms with Gasteiger partial charge in [0.15, 0.2) is 0 Å². The van der Waals surface area contributed by atoms with Crippen molar-refractivity contribution in [3.05, 3.63) is 95.8 Å². The molecule has 0 aliphatic heterocycles. The summed E-state index contributed by atoms with van der Waals surface area (Å²) in [6.45, 7) is 1.96. The Balaban J connectivity index is 1.48. The summed E-state index contributed by atoms with van der Waals surface area (Å²) in [6.07, 6.45) is 0. The second kappa shape index (κ2) is 9.50. The highest BCUT2D eigenvalue weighted by atomic mass is 19.1. The van der Waals surface area contributed by atoms with Gasteiger partial charge in [0.05, 0.1) is 0 Å². The van der Waals surface area contributed by atoms with Gasteiger partial charge in [0.1, 0.15) is 23.4 Å². The van der Waals surface area contributed by atoms with Gasteiger partial charge in [0.25, 0.3) is 5.91 Å². The minimum atomic E-state index is -0.663. The van der Waals surface area contributed by atoms with Crippen LogP contribution in [0.25, 0.3) is 0 Å². The fraction of sp³-hybridized carbons (Fsp3) is 0.130. The molecule has 0 heterocycles. The largest absolute Gasteiger partial charge is 0.457 e.